The first kappa shape index (κ1) is 28.5. The molecular weight excluding hydrogens is 482 g/mol. The van der Waals surface area contributed by atoms with E-state index in [9.17, 15) is 0 Å². The summed E-state index contributed by atoms with van der Waals surface area (Å²) in [7, 11) is 0. The molecule has 1 aliphatic rings. The van der Waals surface area contributed by atoms with Crippen molar-refractivity contribution in [3.05, 3.63) is 127 Å². The molecule has 1 fully saturated rings. The van der Waals surface area contributed by atoms with Gasteiger partial charge in [-0.15, -0.1) is 11.3 Å². The van der Waals surface area contributed by atoms with Crippen LogP contribution in [-0.2, 0) is 11.8 Å². The molecule has 194 valence electrons. The zero-order valence-electron chi connectivity index (χ0n) is 22.5. The second kappa shape index (κ2) is 13.5. The summed E-state index contributed by atoms with van der Waals surface area (Å²) in [6.45, 7) is 15.7. The summed E-state index contributed by atoms with van der Waals surface area (Å²) in [5, 5.41) is 16.4. The Balaban J connectivity index is 0.000000194. The van der Waals surface area contributed by atoms with Gasteiger partial charge in [-0.2, -0.15) is 5.26 Å². The van der Waals surface area contributed by atoms with Gasteiger partial charge < -0.3 is 11.1 Å². The first-order valence-corrected chi connectivity index (χ1v) is 13.6. The first-order chi connectivity index (χ1) is 18.3. The highest BCUT2D eigenvalue weighted by molar-refractivity contribution is 7.13. The van der Waals surface area contributed by atoms with Crippen LogP contribution < -0.4 is 11.1 Å². The maximum Gasteiger partial charge on any atom is 0.103 e. The standard InChI is InChI=1S/C18H16S.C14H16N2.C2H5N/c1-18(8-9-18)16-12-14(17-7-4-10-19-17)11-13-5-2-3-6-15(13)16;1-11(2)14-7-5-4-6-13(14)10-12(3)16-9-8-15;1-2-3/h2-7,10-12H,8-9H2,1H3;4-7,16H,1,3,9-10H2,2H3;2H,1,3H2. The molecule has 0 saturated heterocycles. The molecule has 1 aromatic heterocycles. The number of hydrogen-bond donors (Lipinski definition) is 2. The summed E-state index contributed by atoms with van der Waals surface area (Å²) in [4.78, 5) is 1.37. The molecule has 0 unspecified atom stereocenters. The van der Waals surface area contributed by atoms with Gasteiger partial charge in [-0.05, 0) is 88.0 Å². The van der Waals surface area contributed by atoms with E-state index in [0.29, 0.717) is 12.0 Å². The zero-order valence-corrected chi connectivity index (χ0v) is 23.3. The fourth-order valence-corrected chi connectivity index (χ4v) is 5.11. The summed E-state index contributed by atoms with van der Waals surface area (Å²) in [6, 6.07) is 28.0. The van der Waals surface area contributed by atoms with Crippen molar-refractivity contribution in [3.8, 4) is 16.5 Å². The normalized spacial score (nSPS) is 12.6. The average molecular weight is 520 g/mol. The summed E-state index contributed by atoms with van der Waals surface area (Å²) in [6.07, 6.45) is 4.63. The Labute approximate surface area is 231 Å². The Bertz CT molecular complexity index is 1440. The van der Waals surface area contributed by atoms with Crippen LogP contribution in [0.3, 0.4) is 0 Å². The van der Waals surface area contributed by atoms with Crippen LogP contribution in [0.25, 0.3) is 26.8 Å². The van der Waals surface area contributed by atoms with E-state index in [4.69, 9.17) is 5.26 Å². The van der Waals surface area contributed by atoms with Crippen molar-refractivity contribution >= 4 is 27.7 Å². The molecule has 3 nitrogen and oxygen atoms in total. The molecule has 0 aliphatic heterocycles. The van der Waals surface area contributed by atoms with Gasteiger partial charge in [-0.3, -0.25) is 0 Å². The number of nitriles is 1. The number of fused-ring (bicyclic) bond motifs is 1. The molecule has 3 N–H and O–H groups in total. The number of nitrogens with zero attached hydrogens (tertiary/aromatic N) is 1. The van der Waals surface area contributed by atoms with Gasteiger partial charge in [0.2, 0.25) is 0 Å². The molecule has 38 heavy (non-hydrogen) atoms. The van der Waals surface area contributed by atoms with E-state index in [2.05, 4.69) is 104 Å². The Kier molecular flexibility index (Phi) is 10.1. The molecule has 0 spiro atoms. The minimum absolute atomic E-state index is 0.300. The number of hydrogen-bond acceptors (Lipinski definition) is 4. The Morgan fingerprint density at radius 1 is 1.08 bits per heavy atom. The van der Waals surface area contributed by atoms with Crippen LogP contribution in [0, 0.1) is 11.3 Å². The highest BCUT2D eigenvalue weighted by Gasteiger charge is 2.40. The van der Waals surface area contributed by atoms with Gasteiger partial charge in [-0.1, -0.05) is 86.8 Å². The molecule has 0 radical (unpaired) electrons. The van der Waals surface area contributed by atoms with Crippen molar-refractivity contribution in [1.29, 1.82) is 5.26 Å². The zero-order chi connectivity index (χ0) is 27.5. The van der Waals surface area contributed by atoms with Crippen LogP contribution in [0.4, 0.5) is 0 Å². The van der Waals surface area contributed by atoms with Gasteiger partial charge in [0.05, 0.1) is 6.07 Å². The lowest BCUT2D eigenvalue weighted by molar-refractivity contribution is 0.797. The molecule has 5 rings (SSSR count). The molecular formula is C34H37N3S. The molecule has 0 amide bonds. The quantitative estimate of drug-likeness (QED) is 0.240. The molecule has 1 heterocycles. The molecule has 1 saturated carbocycles. The highest BCUT2D eigenvalue weighted by atomic mass is 32.1. The fourth-order valence-electron chi connectivity index (χ4n) is 4.40. The van der Waals surface area contributed by atoms with E-state index in [0.717, 1.165) is 23.3 Å². The largest absolute Gasteiger partial charge is 0.405 e. The Morgan fingerprint density at radius 2 is 1.76 bits per heavy atom. The number of allylic oxidation sites excluding steroid dienone is 2. The summed E-state index contributed by atoms with van der Waals surface area (Å²) in [5.41, 5.74) is 12.2. The summed E-state index contributed by atoms with van der Waals surface area (Å²) in [5.74, 6) is 0. The van der Waals surface area contributed by atoms with Gasteiger partial charge in [0, 0.05) is 17.0 Å². The maximum absolute atomic E-state index is 8.46. The van der Waals surface area contributed by atoms with E-state index >= 15 is 0 Å². The number of thiophene rings is 1. The Hall–Kier alpha value is -4.07. The smallest absolute Gasteiger partial charge is 0.103 e. The lowest BCUT2D eigenvalue weighted by atomic mass is 9.90. The number of nitrogens with two attached hydrogens (primary N) is 1. The maximum atomic E-state index is 8.46. The van der Waals surface area contributed by atoms with Gasteiger partial charge in [-0.25, -0.2) is 0 Å². The van der Waals surface area contributed by atoms with Crippen molar-refractivity contribution < 1.29 is 0 Å². The predicted octanol–water partition coefficient (Wildman–Crippen LogP) is 8.60. The second-order valence-electron chi connectivity index (χ2n) is 9.75. The third kappa shape index (κ3) is 7.47. The number of nitrogens with one attached hydrogen (secondary N) is 1. The second-order valence-corrected chi connectivity index (χ2v) is 10.7. The van der Waals surface area contributed by atoms with Gasteiger partial charge in [0.25, 0.3) is 0 Å². The van der Waals surface area contributed by atoms with Crippen LogP contribution >= 0.6 is 11.3 Å². The fraction of sp³-hybridized carbons (Fsp3) is 0.206. The third-order valence-electron chi connectivity index (χ3n) is 6.62. The summed E-state index contributed by atoms with van der Waals surface area (Å²) >= 11 is 1.82. The van der Waals surface area contributed by atoms with E-state index in [1.54, 1.807) is 0 Å². The highest BCUT2D eigenvalue weighted by Crippen LogP contribution is 2.50. The van der Waals surface area contributed by atoms with E-state index < -0.39 is 0 Å². The van der Waals surface area contributed by atoms with Gasteiger partial charge in [0.1, 0.15) is 6.54 Å². The van der Waals surface area contributed by atoms with Crippen molar-refractivity contribution in [2.75, 3.05) is 6.54 Å². The van der Waals surface area contributed by atoms with Crippen LogP contribution in [0.5, 0.6) is 0 Å². The minimum Gasteiger partial charge on any atom is -0.405 e. The molecule has 4 aromatic rings. The van der Waals surface area contributed by atoms with Crippen LogP contribution in [0.2, 0.25) is 0 Å². The van der Waals surface area contributed by atoms with E-state index in [-0.39, 0.29) is 0 Å². The monoisotopic (exact) mass is 519 g/mol. The van der Waals surface area contributed by atoms with Crippen molar-refractivity contribution in [1.82, 2.24) is 5.32 Å². The van der Waals surface area contributed by atoms with Crippen LogP contribution in [-0.4, -0.2) is 6.54 Å². The lowest BCUT2D eigenvalue weighted by Gasteiger charge is -2.15. The molecule has 1 aliphatic carbocycles. The number of benzene rings is 3. The van der Waals surface area contributed by atoms with Crippen LogP contribution in [0.1, 0.15) is 43.4 Å². The van der Waals surface area contributed by atoms with Crippen molar-refractivity contribution in [3.63, 3.8) is 0 Å². The first-order valence-electron chi connectivity index (χ1n) is 12.7. The molecule has 4 heteroatoms. The van der Waals surface area contributed by atoms with E-state index in [1.165, 1.54) is 51.4 Å². The SMILES string of the molecule is C=C(Cc1ccccc1C(=C)C)NCC#N.C=CN.CC1(c2cc(-c3cccs3)cc3ccccc23)CC1. The van der Waals surface area contributed by atoms with Gasteiger partial charge >= 0.3 is 0 Å². The predicted molar refractivity (Wildman–Crippen MR) is 166 cm³/mol. The topological polar surface area (TPSA) is 61.8 Å². The van der Waals surface area contributed by atoms with E-state index in [1.807, 2.05) is 36.5 Å². The summed E-state index contributed by atoms with van der Waals surface area (Å²) < 4.78 is 0. The van der Waals surface area contributed by atoms with Gasteiger partial charge in [0.15, 0.2) is 0 Å². The molecule has 3 aromatic carbocycles. The van der Waals surface area contributed by atoms with Crippen molar-refractivity contribution in [2.45, 2.75) is 38.5 Å². The third-order valence-corrected chi connectivity index (χ3v) is 7.54. The number of rotatable bonds is 7. The van der Waals surface area contributed by atoms with Crippen molar-refractivity contribution in [2.24, 2.45) is 5.73 Å². The average Bonchev–Trinajstić information content (AvgIpc) is 3.42. The minimum atomic E-state index is 0.300. The molecule has 0 atom stereocenters. The lowest BCUT2D eigenvalue weighted by Crippen LogP contribution is -2.14. The molecule has 0 bridgehead atoms. The van der Waals surface area contributed by atoms with Crippen LogP contribution in [0.15, 0.2) is 110 Å². The Morgan fingerprint density at radius 3 is 2.39 bits per heavy atom.